The maximum Gasteiger partial charge on any atom is 0.338 e. The first kappa shape index (κ1) is 20.7. The number of esters is 1. The van der Waals surface area contributed by atoms with Crippen molar-refractivity contribution in [2.45, 2.75) is 25.9 Å². The minimum absolute atomic E-state index is 0.0750. The molecule has 2 atom stereocenters. The number of benzene rings is 2. The lowest BCUT2D eigenvalue weighted by molar-refractivity contribution is 0.0526. The van der Waals surface area contributed by atoms with Gasteiger partial charge in [0.15, 0.2) is 0 Å². The van der Waals surface area contributed by atoms with E-state index in [2.05, 4.69) is 5.32 Å². The predicted octanol–water partition coefficient (Wildman–Crippen LogP) is 2.51. The van der Waals surface area contributed by atoms with Crippen molar-refractivity contribution in [3.05, 3.63) is 58.7 Å². The fraction of sp³-hybridized carbons (Fsp3) is 0.364. The molecular formula is C22H25NO6. The highest BCUT2D eigenvalue weighted by atomic mass is 16.5. The average Bonchev–Trinajstić information content (AvgIpc) is 3.07. The number of aliphatic hydroxyl groups is 1. The Kier molecular flexibility index (Phi) is 6.39. The summed E-state index contributed by atoms with van der Waals surface area (Å²) in [6.45, 7) is 4.02. The van der Waals surface area contributed by atoms with Crippen molar-refractivity contribution in [2.24, 2.45) is 0 Å². The van der Waals surface area contributed by atoms with Gasteiger partial charge >= 0.3 is 5.97 Å². The number of fused-ring (bicyclic) bond motifs is 1. The number of rotatable bonds is 7. The minimum atomic E-state index is -0.487. The van der Waals surface area contributed by atoms with Gasteiger partial charge in [0.1, 0.15) is 24.2 Å². The normalized spacial score (nSPS) is 17.2. The average molecular weight is 399 g/mol. The van der Waals surface area contributed by atoms with Crippen molar-refractivity contribution in [1.29, 1.82) is 0 Å². The van der Waals surface area contributed by atoms with Gasteiger partial charge in [-0.25, -0.2) is 4.79 Å². The molecule has 7 nitrogen and oxygen atoms in total. The van der Waals surface area contributed by atoms with Crippen LogP contribution >= 0.6 is 0 Å². The van der Waals surface area contributed by atoms with Gasteiger partial charge in [-0.1, -0.05) is 12.1 Å². The topological polar surface area (TPSA) is 94.1 Å². The molecule has 0 radical (unpaired) electrons. The van der Waals surface area contributed by atoms with Gasteiger partial charge in [-0.05, 0) is 43.7 Å². The third-order valence-electron chi connectivity index (χ3n) is 4.79. The van der Waals surface area contributed by atoms with E-state index in [4.69, 9.17) is 19.3 Å². The number of hydrogen-bond acceptors (Lipinski definition) is 6. The molecule has 0 aromatic heterocycles. The number of carbonyl (C=O) groups is 2. The number of amides is 1. The maximum absolute atomic E-state index is 12.4. The monoisotopic (exact) mass is 399 g/mol. The van der Waals surface area contributed by atoms with Crippen molar-refractivity contribution in [2.75, 3.05) is 26.9 Å². The van der Waals surface area contributed by atoms with Crippen LogP contribution in [-0.2, 0) is 4.74 Å². The van der Waals surface area contributed by atoms with Crippen LogP contribution in [0, 0.1) is 0 Å². The zero-order valence-corrected chi connectivity index (χ0v) is 16.7. The number of hydrogen-bond donors (Lipinski definition) is 2. The van der Waals surface area contributed by atoms with E-state index in [-0.39, 0.29) is 37.7 Å². The van der Waals surface area contributed by atoms with Crippen molar-refractivity contribution in [3.63, 3.8) is 0 Å². The molecule has 0 spiro atoms. The van der Waals surface area contributed by atoms with Crippen LogP contribution in [0.15, 0.2) is 36.4 Å². The highest BCUT2D eigenvalue weighted by Gasteiger charge is 2.37. The molecule has 0 bridgehead atoms. The second-order valence-electron chi connectivity index (χ2n) is 6.69. The van der Waals surface area contributed by atoms with E-state index in [1.54, 1.807) is 13.0 Å². The Morgan fingerprint density at radius 2 is 2.03 bits per heavy atom. The Balaban J connectivity index is 2.09. The molecule has 7 heteroatoms. The number of nitrogens with one attached hydrogen (secondary N) is 1. The van der Waals surface area contributed by atoms with E-state index in [1.807, 2.05) is 31.2 Å². The summed E-state index contributed by atoms with van der Waals surface area (Å²) in [6.07, 6.45) is -0.251. The molecule has 0 saturated heterocycles. The molecule has 1 heterocycles. The molecule has 3 rings (SSSR count). The third-order valence-corrected chi connectivity index (χ3v) is 4.79. The summed E-state index contributed by atoms with van der Waals surface area (Å²) >= 11 is 0. The lowest BCUT2D eigenvalue weighted by Crippen LogP contribution is -2.20. The van der Waals surface area contributed by atoms with Gasteiger partial charge < -0.3 is 24.6 Å². The van der Waals surface area contributed by atoms with Crippen LogP contribution in [0.25, 0.3) is 0 Å². The lowest BCUT2D eigenvalue weighted by atomic mass is 9.87. The predicted molar refractivity (Wildman–Crippen MR) is 107 cm³/mol. The molecule has 0 fully saturated rings. The van der Waals surface area contributed by atoms with Crippen LogP contribution in [0.3, 0.4) is 0 Å². The Morgan fingerprint density at radius 3 is 2.72 bits per heavy atom. The zero-order valence-electron chi connectivity index (χ0n) is 16.7. The highest BCUT2D eigenvalue weighted by Crippen LogP contribution is 2.45. The Bertz CT molecular complexity index is 910. The summed E-state index contributed by atoms with van der Waals surface area (Å²) in [7, 11) is 1.53. The van der Waals surface area contributed by atoms with Gasteiger partial charge in [-0.15, -0.1) is 0 Å². The molecule has 1 aliphatic heterocycles. The summed E-state index contributed by atoms with van der Waals surface area (Å²) in [6, 6.07) is 10.7. The summed E-state index contributed by atoms with van der Waals surface area (Å²) < 4.78 is 16.7. The molecule has 0 unspecified atom stereocenters. The molecule has 2 aromatic carbocycles. The first-order chi connectivity index (χ1) is 14.0. The van der Waals surface area contributed by atoms with Crippen molar-refractivity contribution >= 4 is 11.9 Å². The molecule has 1 amide bonds. The summed E-state index contributed by atoms with van der Waals surface area (Å²) in [5.74, 6) is 0.0846. The van der Waals surface area contributed by atoms with Gasteiger partial charge in [0, 0.05) is 18.5 Å². The second kappa shape index (κ2) is 8.96. The van der Waals surface area contributed by atoms with Gasteiger partial charge in [-0.2, -0.15) is 0 Å². The standard InChI is InChI=1S/C22H25NO6/c1-4-27-22(26)15-11-17-19(14-6-5-7-16(10-14)28-9-8-24)13(2)29-20(17)18(12-15)21(25)23-3/h5-7,10-13,19,24H,4,8-9H2,1-3H3,(H,23,25)/t13-,19-/m0/s1. The van der Waals surface area contributed by atoms with Crippen molar-refractivity contribution in [1.82, 2.24) is 5.32 Å². The van der Waals surface area contributed by atoms with Gasteiger partial charge in [0.05, 0.1) is 24.3 Å². The Morgan fingerprint density at radius 1 is 1.24 bits per heavy atom. The van der Waals surface area contributed by atoms with E-state index in [9.17, 15) is 9.59 Å². The van der Waals surface area contributed by atoms with E-state index >= 15 is 0 Å². The van der Waals surface area contributed by atoms with E-state index in [0.717, 1.165) is 11.1 Å². The summed E-state index contributed by atoms with van der Waals surface area (Å²) in [5, 5.41) is 11.6. The lowest BCUT2D eigenvalue weighted by Gasteiger charge is -2.17. The van der Waals surface area contributed by atoms with E-state index < -0.39 is 5.97 Å². The van der Waals surface area contributed by atoms with Gasteiger partial charge in [-0.3, -0.25) is 4.79 Å². The summed E-state index contributed by atoms with van der Waals surface area (Å²) in [5.41, 5.74) is 2.28. The fourth-order valence-corrected chi connectivity index (χ4v) is 3.57. The van der Waals surface area contributed by atoms with Crippen LogP contribution < -0.4 is 14.8 Å². The molecule has 0 saturated carbocycles. The maximum atomic E-state index is 12.4. The highest BCUT2D eigenvalue weighted by molar-refractivity contribution is 6.01. The van der Waals surface area contributed by atoms with Crippen LogP contribution in [0.5, 0.6) is 11.5 Å². The smallest absolute Gasteiger partial charge is 0.338 e. The summed E-state index contributed by atoms with van der Waals surface area (Å²) in [4.78, 5) is 24.8. The first-order valence-electron chi connectivity index (χ1n) is 9.57. The SMILES string of the molecule is CCOC(=O)c1cc(C(=O)NC)c2c(c1)[C@H](c1cccc(OCCO)c1)[C@H](C)O2. The molecule has 2 aromatic rings. The second-order valence-corrected chi connectivity index (χ2v) is 6.69. The first-order valence-corrected chi connectivity index (χ1v) is 9.57. The van der Waals surface area contributed by atoms with Crippen LogP contribution in [0.1, 0.15) is 51.6 Å². The number of ether oxygens (including phenoxy) is 3. The molecule has 2 N–H and O–H groups in total. The van der Waals surface area contributed by atoms with Crippen LogP contribution in [-0.4, -0.2) is 50.0 Å². The Labute approximate surface area is 169 Å². The molecule has 154 valence electrons. The Hall–Kier alpha value is -3.06. The number of carbonyl (C=O) groups excluding carboxylic acids is 2. The molecule has 0 aliphatic carbocycles. The zero-order chi connectivity index (χ0) is 21.0. The van der Waals surface area contributed by atoms with Gasteiger partial charge in [0.2, 0.25) is 0 Å². The fourth-order valence-electron chi connectivity index (χ4n) is 3.57. The molecule has 29 heavy (non-hydrogen) atoms. The quantitative estimate of drug-likeness (QED) is 0.695. The van der Waals surface area contributed by atoms with Gasteiger partial charge in [0.25, 0.3) is 5.91 Å². The van der Waals surface area contributed by atoms with E-state index in [1.165, 1.54) is 13.1 Å². The number of aliphatic hydroxyl groups excluding tert-OH is 1. The minimum Gasteiger partial charge on any atom is -0.491 e. The largest absolute Gasteiger partial charge is 0.491 e. The van der Waals surface area contributed by atoms with E-state index in [0.29, 0.717) is 22.6 Å². The van der Waals surface area contributed by atoms with Crippen LogP contribution in [0.4, 0.5) is 0 Å². The van der Waals surface area contributed by atoms with Crippen molar-refractivity contribution < 1.29 is 28.9 Å². The molecular weight excluding hydrogens is 374 g/mol. The third kappa shape index (κ3) is 4.19. The molecule has 1 aliphatic rings. The van der Waals surface area contributed by atoms with Crippen LogP contribution in [0.2, 0.25) is 0 Å². The van der Waals surface area contributed by atoms with Crippen molar-refractivity contribution in [3.8, 4) is 11.5 Å².